The van der Waals surface area contributed by atoms with Crippen LogP contribution in [0, 0.1) is 5.41 Å². The van der Waals surface area contributed by atoms with Crippen molar-refractivity contribution in [3.8, 4) is 0 Å². The summed E-state index contributed by atoms with van der Waals surface area (Å²) in [7, 11) is 0. The van der Waals surface area contributed by atoms with Gasteiger partial charge < -0.3 is 10.3 Å². The van der Waals surface area contributed by atoms with Gasteiger partial charge in [0.15, 0.2) is 5.82 Å². The highest BCUT2D eigenvalue weighted by Crippen LogP contribution is 2.45. The van der Waals surface area contributed by atoms with Gasteiger partial charge in [-0.05, 0) is 17.6 Å². The SMILES string of the molecule is CC(C)c1nc(C2(N)CSCCC2(C)C)no1. The normalized spacial score (nSPS) is 28.6. The van der Waals surface area contributed by atoms with E-state index >= 15 is 0 Å². The largest absolute Gasteiger partial charge is 0.339 e. The molecule has 1 unspecified atom stereocenters. The fourth-order valence-corrected chi connectivity index (χ4v) is 3.64. The number of aromatic nitrogens is 2. The van der Waals surface area contributed by atoms with Crippen LogP contribution in [-0.4, -0.2) is 21.6 Å². The molecule has 0 aromatic carbocycles. The van der Waals surface area contributed by atoms with E-state index in [2.05, 4.69) is 24.0 Å². The topological polar surface area (TPSA) is 64.9 Å². The molecule has 0 bridgehead atoms. The van der Waals surface area contributed by atoms with Crippen LogP contribution in [0.1, 0.15) is 51.7 Å². The first-order valence-electron chi connectivity index (χ1n) is 6.07. The van der Waals surface area contributed by atoms with Crippen molar-refractivity contribution in [2.45, 2.75) is 45.6 Å². The van der Waals surface area contributed by atoms with Crippen molar-refractivity contribution < 1.29 is 4.52 Å². The third-order valence-electron chi connectivity index (χ3n) is 3.74. The predicted octanol–water partition coefficient (Wildman–Crippen LogP) is 2.51. The maximum Gasteiger partial charge on any atom is 0.229 e. The second kappa shape index (κ2) is 4.28. The van der Waals surface area contributed by atoms with E-state index in [-0.39, 0.29) is 11.3 Å². The zero-order valence-electron chi connectivity index (χ0n) is 11.0. The van der Waals surface area contributed by atoms with Crippen LogP contribution in [0.4, 0.5) is 0 Å². The van der Waals surface area contributed by atoms with Gasteiger partial charge in [-0.2, -0.15) is 16.7 Å². The van der Waals surface area contributed by atoms with Gasteiger partial charge in [0.2, 0.25) is 5.89 Å². The van der Waals surface area contributed by atoms with Gasteiger partial charge in [0.05, 0.1) is 5.54 Å². The second-order valence-corrected chi connectivity index (χ2v) is 6.87. The number of hydrogen-bond donors (Lipinski definition) is 1. The summed E-state index contributed by atoms with van der Waals surface area (Å²) in [6, 6.07) is 0. The van der Waals surface area contributed by atoms with Crippen LogP contribution >= 0.6 is 11.8 Å². The van der Waals surface area contributed by atoms with Crippen LogP contribution in [0.15, 0.2) is 4.52 Å². The minimum Gasteiger partial charge on any atom is -0.339 e. The number of rotatable bonds is 2. The Morgan fingerprint density at radius 2 is 2.12 bits per heavy atom. The molecule has 0 saturated carbocycles. The summed E-state index contributed by atoms with van der Waals surface area (Å²) in [5.41, 5.74) is 6.10. The van der Waals surface area contributed by atoms with E-state index in [4.69, 9.17) is 10.3 Å². The second-order valence-electron chi connectivity index (χ2n) is 5.77. The Morgan fingerprint density at radius 3 is 2.65 bits per heavy atom. The first-order valence-corrected chi connectivity index (χ1v) is 7.23. The van der Waals surface area contributed by atoms with Crippen LogP contribution in [0.2, 0.25) is 0 Å². The molecule has 96 valence electrons. The lowest BCUT2D eigenvalue weighted by atomic mass is 9.71. The number of nitrogens with two attached hydrogens (primary N) is 1. The molecule has 1 atom stereocenters. The zero-order valence-corrected chi connectivity index (χ0v) is 11.8. The Morgan fingerprint density at radius 1 is 1.41 bits per heavy atom. The summed E-state index contributed by atoms with van der Waals surface area (Å²) in [5.74, 6) is 3.60. The molecule has 17 heavy (non-hydrogen) atoms. The van der Waals surface area contributed by atoms with Gasteiger partial charge in [-0.3, -0.25) is 0 Å². The number of thioether (sulfide) groups is 1. The molecule has 1 aliphatic heterocycles. The third kappa shape index (κ3) is 2.10. The standard InChI is InChI=1S/C12H21N3OS/c1-8(2)9-14-10(15-16-9)12(13)7-17-6-5-11(12,3)4/h8H,5-7,13H2,1-4H3. The van der Waals surface area contributed by atoms with Gasteiger partial charge in [-0.1, -0.05) is 32.9 Å². The van der Waals surface area contributed by atoms with Crippen molar-refractivity contribution in [2.75, 3.05) is 11.5 Å². The fourth-order valence-electron chi connectivity index (χ4n) is 2.00. The molecule has 2 N–H and O–H groups in total. The summed E-state index contributed by atoms with van der Waals surface area (Å²) < 4.78 is 5.29. The Kier molecular flexibility index (Phi) is 3.25. The van der Waals surface area contributed by atoms with Crippen LogP contribution in [0.25, 0.3) is 0 Å². The molecule has 0 aliphatic carbocycles. The van der Waals surface area contributed by atoms with Crippen molar-refractivity contribution in [3.63, 3.8) is 0 Å². The molecule has 0 spiro atoms. The average molecular weight is 255 g/mol. The molecular formula is C12H21N3OS. The van der Waals surface area contributed by atoms with E-state index < -0.39 is 5.54 Å². The van der Waals surface area contributed by atoms with Crippen molar-refractivity contribution in [1.29, 1.82) is 0 Å². The summed E-state index contributed by atoms with van der Waals surface area (Å²) in [4.78, 5) is 4.48. The van der Waals surface area contributed by atoms with Gasteiger partial charge in [0.1, 0.15) is 0 Å². The molecule has 1 aromatic heterocycles. The molecular weight excluding hydrogens is 234 g/mol. The van der Waals surface area contributed by atoms with Crippen LogP contribution in [0.3, 0.4) is 0 Å². The predicted molar refractivity (Wildman–Crippen MR) is 70.0 cm³/mol. The van der Waals surface area contributed by atoms with E-state index in [9.17, 15) is 0 Å². The first kappa shape index (κ1) is 12.9. The van der Waals surface area contributed by atoms with E-state index in [0.29, 0.717) is 11.7 Å². The molecule has 0 amide bonds. The highest BCUT2D eigenvalue weighted by molar-refractivity contribution is 7.99. The van der Waals surface area contributed by atoms with E-state index in [1.807, 2.05) is 25.6 Å². The van der Waals surface area contributed by atoms with Gasteiger partial charge in [0.25, 0.3) is 0 Å². The molecule has 1 saturated heterocycles. The molecule has 1 fully saturated rings. The van der Waals surface area contributed by atoms with E-state index in [1.165, 1.54) is 0 Å². The van der Waals surface area contributed by atoms with Gasteiger partial charge in [-0.15, -0.1) is 0 Å². The lowest BCUT2D eigenvalue weighted by Gasteiger charge is -2.45. The van der Waals surface area contributed by atoms with Crippen molar-refractivity contribution in [2.24, 2.45) is 11.1 Å². The van der Waals surface area contributed by atoms with Crippen LogP contribution in [-0.2, 0) is 5.54 Å². The Bertz CT molecular complexity index is 402. The van der Waals surface area contributed by atoms with Gasteiger partial charge >= 0.3 is 0 Å². The highest BCUT2D eigenvalue weighted by Gasteiger charge is 2.48. The van der Waals surface area contributed by atoms with Crippen molar-refractivity contribution >= 4 is 11.8 Å². The lowest BCUT2D eigenvalue weighted by Crippen LogP contribution is -2.55. The molecule has 2 heterocycles. The average Bonchev–Trinajstić information content (AvgIpc) is 2.72. The molecule has 4 nitrogen and oxygen atoms in total. The summed E-state index contributed by atoms with van der Waals surface area (Å²) in [6.07, 6.45) is 1.08. The van der Waals surface area contributed by atoms with Crippen LogP contribution < -0.4 is 5.73 Å². The smallest absolute Gasteiger partial charge is 0.229 e. The summed E-state index contributed by atoms with van der Waals surface area (Å²) >= 11 is 1.87. The first-order chi connectivity index (χ1) is 7.87. The Balaban J connectivity index is 2.35. The van der Waals surface area contributed by atoms with Gasteiger partial charge in [-0.25, -0.2) is 0 Å². The Labute approximate surface area is 107 Å². The van der Waals surface area contributed by atoms with Gasteiger partial charge in [0, 0.05) is 11.7 Å². The number of nitrogens with zero attached hydrogens (tertiary/aromatic N) is 2. The Hall–Kier alpha value is -0.550. The van der Waals surface area contributed by atoms with E-state index in [1.54, 1.807) is 0 Å². The van der Waals surface area contributed by atoms with E-state index in [0.717, 1.165) is 17.9 Å². The maximum absolute atomic E-state index is 6.57. The third-order valence-corrected chi connectivity index (χ3v) is 4.90. The highest BCUT2D eigenvalue weighted by atomic mass is 32.2. The molecule has 1 aliphatic rings. The molecule has 5 heteroatoms. The molecule has 2 rings (SSSR count). The maximum atomic E-state index is 6.57. The van der Waals surface area contributed by atoms with Crippen LogP contribution in [0.5, 0.6) is 0 Å². The molecule has 0 radical (unpaired) electrons. The zero-order chi connectivity index (χ0) is 12.7. The summed E-state index contributed by atoms with van der Waals surface area (Å²) in [5, 5.41) is 4.10. The fraction of sp³-hybridized carbons (Fsp3) is 0.833. The van der Waals surface area contributed by atoms with Crippen molar-refractivity contribution in [1.82, 2.24) is 10.1 Å². The minimum atomic E-state index is -0.480. The quantitative estimate of drug-likeness (QED) is 0.879. The minimum absolute atomic E-state index is 0.0103. The summed E-state index contributed by atoms with van der Waals surface area (Å²) in [6.45, 7) is 8.47. The monoisotopic (exact) mass is 255 g/mol. The lowest BCUT2D eigenvalue weighted by molar-refractivity contribution is 0.161. The molecule has 1 aromatic rings. The van der Waals surface area contributed by atoms with Crippen molar-refractivity contribution in [3.05, 3.63) is 11.7 Å². The number of hydrogen-bond acceptors (Lipinski definition) is 5.